The van der Waals surface area contributed by atoms with Crippen LogP contribution in [0.5, 0.6) is 5.75 Å². The molecule has 34 heavy (non-hydrogen) atoms. The van der Waals surface area contributed by atoms with Crippen molar-refractivity contribution in [3.05, 3.63) is 48.8 Å². The molecule has 0 bridgehead atoms. The molecule has 1 atom stereocenters. The van der Waals surface area contributed by atoms with E-state index in [0.29, 0.717) is 16.7 Å². The van der Waals surface area contributed by atoms with Gasteiger partial charge in [-0.05, 0) is 62.1 Å². The number of ether oxygens (including phenoxy) is 1. The zero-order valence-corrected chi connectivity index (χ0v) is 19.5. The lowest BCUT2D eigenvalue weighted by atomic mass is 10.2. The van der Waals surface area contributed by atoms with Crippen molar-refractivity contribution in [2.45, 2.75) is 37.1 Å². The third kappa shape index (κ3) is 5.69. The highest BCUT2D eigenvalue weighted by Crippen LogP contribution is 2.37. The number of carbonyl (C=O) groups is 1. The molecule has 2 aromatic heterocycles. The molecule has 0 N–H and O–H groups in total. The maximum atomic E-state index is 13.2. The number of methoxy groups -OCH3 is 1. The first-order valence-electron chi connectivity index (χ1n) is 10.8. The number of carbonyl (C=O) groups excluding carboxylic acids is 1. The van der Waals surface area contributed by atoms with Gasteiger partial charge in [-0.15, -0.1) is 10.2 Å². The number of pyridine rings is 1. The summed E-state index contributed by atoms with van der Waals surface area (Å²) >= 11 is 1.06. The highest BCUT2D eigenvalue weighted by Gasteiger charge is 2.40. The van der Waals surface area contributed by atoms with Crippen LogP contribution in [0, 0.1) is 5.92 Å². The van der Waals surface area contributed by atoms with Crippen LogP contribution < -0.4 is 4.74 Å². The summed E-state index contributed by atoms with van der Waals surface area (Å²) in [6, 6.07) is 10.3. The van der Waals surface area contributed by atoms with Crippen LogP contribution in [0.2, 0.25) is 0 Å². The fourth-order valence-corrected chi connectivity index (χ4v) is 4.55. The molecular formula is C23H24F3N5O2S. The molecule has 1 aliphatic carbocycles. The molecule has 0 radical (unpaired) electrons. The first-order valence-corrected chi connectivity index (χ1v) is 11.7. The summed E-state index contributed by atoms with van der Waals surface area (Å²) in [6.45, 7) is 0.435. The molecule has 1 aromatic carbocycles. The van der Waals surface area contributed by atoms with Crippen LogP contribution in [0.1, 0.15) is 19.8 Å². The molecule has 180 valence electrons. The van der Waals surface area contributed by atoms with Gasteiger partial charge in [-0.3, -0.25) is 14.3 Å². The number of hydrogen-bond donors (Lipinski definition) is 0. The number of alkyl halides is 3. The number of aromatic nitrogens is 4. The van der Waals surface area contributed by atoms with Gasteiger partial charge in [0.15, 0.2) is 11.0 Å². The van der Waals surface area contributed by atoms with Crippen LogP contribution in [0.3, 0.4) is 0 Å². The van der Waals surface area contributed by atoms with E-state index < -0.39 is 24.7 Å². The maximum Gasteiger partial charge on any atom is 0.406 e. The molecule has 1 aliphatic rings. The number of benzene rings is 1. The molecule has 2 heterocycles. The summed E-state index contributed by atoms with van der Waals surface area (Å²) in [5.41, 5.74) is 1.49. The van der Waals surface area contributed by atoms with Gasteiger partial charge in [-0.1, -0.05) is 11.8 Å². The predicted molar refractivity (Wildman–Crippen MR) is 122 cm³/mol. The minimum absolute atomic E-state index is 0.123. The summed E-state index contributed by atoms with van der Waals surface area (Å²) in [5, 5.41) is 8.93. The highest BCUT2D eigenvalue weighted by molar-refractivity contribution is 7.99. The normalized spacial score (nSPS) is 14.6. The Morgan fingerprint density at radius 1 is 1.18 bits per heavy atom. The van der Waals surface area contributed by atoms with E-state index in [1.165, 1.54) is 0 Å². The van der Waals surface area contributed by atoms with Gasteiger partial charge in [0.1, 0.15) is 12.3 Å². The van der Waals surface area contributed by atoms with Crippen molar-refractivity contribution < 1.29 is 22.7 Å². The Hall–Kier alpha value is -3.08. The first kappa shape index (κ1) is 24.1. The van der Waals surface area contributed by atoms with Gasteiger partial charge >= 0.3 is 6.18 Å². The topological polar surface area (TPSA) is 73.1 Å². The van der Waals surface area contributed by atoms with Crippen molar-refractivity contribution in [1.82, 2.24) is 24.6 Å². The Balaban J connectivity index is 1.60. The van der Waals surface area contributed by atoms with Crippen molar-refractivity contribution >= 4 is 17.7 Å². The van der Waals surface area contributed by atoms with E-state index >= 15 is 0 Å². The van der Waals surface area contributed by atoms with E-state index in [4.69, 9.17) is 4.74 Å². The second-order valence-electron chi connectivity index (χ2n) is 8.08. The van der Waals surface area contributed by atoms with Crippen molar-refractivity contribution in [2.75, 3.05) is 19.4 Å². The maximum absolute atomic E-state index is 13.2. The Labute approximate surface area is 199 Å². The number of amides is 1. The van der Waals surface area contributed by atoms with Gasteiger partial charge in [-0.2, -0.15) is 13.2 Å². The van der Waals surface area contributed by atoms with E-state index in [-0.39, 0.29) is 11.7 Å². The number of rotatable bonds is 9. The fourth-order valence-electron chi connectivity index (χ4n) is 3.71. The van der Waals surface area contributed by atoms with Crippen LogP contribution >= 0.6 is 11.8 Å². The van der Waals surface area contributed by atoms with Gasteiger partial charge in [0, 0.05) is 29.7 Å². The Morgan fingerprint density at radius 2 is 1.85 bits per heavy atom. The third-order valence-electron chi connectivity index (χ3n) is 5.69. The molecule has 1 saturated carbocycles. The van der Waals surface area contributed by atoms with Gasteiger partial charge in [0.2, 0.25) is 5.91 Å². The Morgan fingerprint density at radius 3 is 2.44 bits per heavy atom. The highest BCUT2D eigenvalue weighted by atomic mass is 32.2. The molecule has 0 unspecified atom stereocenters. The van der Waals surface area contributed by atoms with Gasteiger partial charge < -0.3 is 9.64 Å². The van der Waals surface area contributed by atoms with E-state index in [0.717, 1.165) is 40.8 Å². The summed E-state index contributed by atoms with van der Waals surface area (Å²) < 4.78 is 46.5. The molecule has 1 amide bonds. The Bertz CT molecular complexity index is 1120. The molecule has 11 heteroatoms. The van der Waals surface area contributed by atoms with Gasteiger partial charge in [0.25, 0.3) is 0 Å². The third-order valence-corrected chi connectivity index (χ3v) is 6.61. The van der Waals surface area contributed by atoms with Crippen LogP contribution in [0.4, 0.5) is 13.2 Å². The molecule has 0 spiro atoms. The zero-order chi connectivity index (χ0) is 24.3. The average molecular weight is 492 g/mol. The first-order chi connectivity index (χ1) is 16.3. The fraction of sp³-hybridized carbons (Fsp3) is 0.391. The summed E-state index contributed by atoms with van der Waals surface area (Å²) in [4.78, 5) is 17.9. The van der Waals surface area contributed by atoms with E-state index in [1.54, 1.807) is 55.3 Å². The smallest absolute Gasteiger partial charge is 0.406 e. The van der Waals surface area contributed by atoms with E-state index in [9.17, 15) is 18.0 Å². The number of thioether (sulfide) groups is 1. The second-order valence-corrected chi connectivity index (χ2v) is 9.02. The summed E-state index contributed by atoms with van der Waals surface area (Å²) in [7, 11) is 1.57. The van der Waals surface area contributed by atoms with Crippen LogP contribution in [0.15, 0.2) is 53.9 Å². The quantitative estimate of drug-likeness (QED) is 0.407. The minimum atomic E-state index is -4.46. The van der Waals surface area contributed by atoms with Gasteiger partial charge in [0.05, 0.1) is 12.9 Å². The lowest BCUT2D eigenvalue weighted by Crippen LogP contribution is -2.46. The second kappa shape index (κ2) is 10.0. The van der Waals surface area contributed by atoms with Crippen LogP contribution in [-0.4, -0.2) is 62.2 Å². The van der Waals surface area contributed by atoms with Crippen molar-refractivity contribution in [3.63, 3.8) is 0 Å². The lowest BCUT2D eigenvalue weighted by molar-refractivity contribution is -0.164. The Kier molecular flexibility index (Phi) is 7.11. The lowest BCUT2D eigenvalue weighted by Gasteiger charge is -2.30. The molecule has 0 saturated heterocycles. The standard InChI is InChI=1S/C23H24F3N5O2S/c1-15(16-3-4-16)30(14-23(24,25)26)20(32)13-34-22-29-28-21(17-9-11-27-12-10-17)31(22)18-5-7-19(33-2)8-6-18/h5-12,15-16H,3-4,13-14H2,1-2H3/t15-/m1/s1. The van der Waals surface area contributed by atoms with Crippen LogP contribution in [-0.2, 0) is 4.79 Å². The molecule has 1 fully saturated rings. The molecular weight excluding hydrogens is 467 g/mol. The van der Waals surface area contributed by atoms with E-state index in [1.807, 2.05) is 12.1 Å². The molecule has 3 aromatic rings. The summed E-state index contributed by atoms with van der Waals surface area (Å²) in [5.74, 6) is 0.566. The zero-order valence-electron chi connectivity index (χ0n) is 18.7. The molecule has 4 rings (SSSR count). The van der Waals surface area contributed by atoms with Crippen molar-refractivity contribution in [1.29, 1.82) is 0 Å². The SMILES string of the molecule is COc1ccc(-n2c(SCC(=O)N(CC(F)(F)F)[C@H](C)C3CC3)nnc2-c2ccncc2)cc1. The average Bonchev–Trinajstić information content (AvgIpc) is 3.60. The number of hydrogen-bond acceptors (Lipinski definition) is 6. The van der Waals surface area contributed by atoms with Crippen LogP contribution in [0.25, 0.3) is 17.1 Å². The molecule has 7 nitrogen and oxygen atoms in total. The number of nitrogens with zero attached hydrogens (tertiary/aromatic N) is 5. The van der Waals surface area contributed by atoms with Crippen molar-refractivity contribution in [2.24, 2.45) is 5.92 Å². The predicted octanol–water partition coefficient (Wildman–Crippen LogP) is 4.62. The minimum Gasteiger partial charge on any atom is -0.497 e. The van der Waals surface area contributed by atoms with E-state index in [2.05, 4.69) is 15.2 Å². The monoisotopic (exact) mass is 491 g/mol. The largest absolute Gasteiger partial charge is 0.497 e. The van der Waals surface area contributed by atoms with Gasteiger partial charge in [-0.25, -0.2) is 0 Å². The van der Waals surface area contributed by atoms with Crippen molar-refractivity contribution in [3.8, 4) is 22.8 Å². The summed E-state index contributed by atoms with van der Waals surface area (Å²) in [6.07, 6.45) is 0.495. The molecule has 0 aliphatic heterocycles. The number of halogens is 3.